The van der Waals surface area contributed by atoms with Gasteiger partial charge < -0.3 is 5.11 Å². The van der Waals surface area contributed by atoms with Crippen LogP contribution in [0.1, 0.15) is 78.6 Å². The van der Waals surface area contributed by atoms with E-state index in [0.29, 0.717) is 0 Å². The van der Waals surface area contributed by atoms with Crippen molar-refractivity contribution in [2.45, 2.75) is 78.6 Å². The highest BCUT2D eigenvalue weighted by Crippen LogP contribution is 2.28. The smallest absolute Gasteiger partial charge is 0.309 e. The zero-order valence-corrected chi connectivity index (χ0v) is 11.2. The second-order valence-corrected chi connectivity index (χ2v) is 5.09. The SMILES string of the molecule is CCCCCCCCCC(C)(CC)C(=O)O. The van der Waals surface area contributed by atoms with E-state index >= 15 is 0 Å². The van der Waals surface area contributed by atoms with Crippen molar-refractivity contribution in [2.24, 2.45) is 5.41 Å². The normalized spacial score (nSPS) is 14.7. The van der Waals surface area contributed by atoms with Crippen molar-refractivity contribution < 1.29 is 9.90 Å². The van der Waals surface area contributed by atoms with Gasteiger partial charge in [-0.05, 0) is 19.8 Å². The second kappa shape index (κ2) is 8.60. The lowest BCUT2D eigenvalue weighted by Crippen LogP contribution is -2.26. The summed E-state index contributed by atoms with van der Waals surface area (Å²) in [5.41, 5.74) is -0.497. The molecule has 0 aromatic rings. The van der Waals surface area contributed by atoms with Gasteiger partial charge in [0, 0.05) is 0 Å². The largest absolute Gasteiger partial charge is 0.481 e. The molecule has 96 valence electrons. The van der Waals surface area contributed by atoms with E-state index in [1.54, 1.807) is 0 Å². The number of hydrogen-bond donors (Lipinski definition) is 1. The summed E-state index contributed by atoms with van der Waals surface area (Å²) in [6.07, 6.45) is 10.3. The Morgan fingerprint density at radius 1 is 1.00 bits per heavy atom. The number of carbonyl (C=O) groups is 1. The Morgan fingerprint density at radius 2 is 1.50 bits per heavy atom. The minimum atomic E-state index is -0.638. The Bertz CT molecular complexity index is 189. The van der Waals surface area contributed by atoms with E-state index < -0.39 is 11.4 Å². The lowest BCUT2D eigenvalue weighted by molar-refractivity contribution is -0.148. The highest BCUT2D eigenvalue weighted by atomic mass is 16.4. The maximum absolute atomic E-state index is 11.1. The van der Waals surface area contributed by atoms with Crippen molar-refractivity contribution in [3.05, 3.63) is 0 Å². The fourth-order valence-electron chi connectivity index (χ4n) is 1.91. The first-order chi connectivity index (χ1) is 7.56. The van der Waals surface area contributed by atoms with Gasteiger partial charge in [0.2, 0.25) is 0 Å². The molecule has 0 aliphatic carbocycles. The summed E-state index contributed by atoms with van der Waals surface area (Å²) in [6, 6.07) is 0. The summed E-state index contributed by atoms with van der Waals surface area (Å²) in [6.45, 7) is 6.06. The van der Waals surface area contributed by atoms with Crippen LogP contribution in [0.3, 0.4) is 0 Å². The van der Waals surface area contributed by atoms with Crippen LogP contribution in [0, 0.1) is 5.41 Å². The van der Waals surface area contributed by atoms with Crippen LogP contribution in [0.25, 0.3) is 0 Å². The molecule has 1 unspecified atom stereocenters. The predicted molar refractivity (Wildman–Crippen MR) is 68.6 cm³/mol. The summed E-state index contributed by atoms with van der Waals surface area (Å²) in [4.78, 5) is 11.1. The Labute approximate surface area is 100 Å². The first-order valence-corrected chi connectivity index (χ1v) is 6.80. The van der Waals surface area contributed by atoms with Crippen molar-refractivity contribution in [1.29, 1.82) is 0 Å². The molecular formula is C14H28O2. The van der Waals surface area contributed by atoms with E-state index in [4.69, 9.17) is 5.11 Å². The van der Waals surface area contributed by atoms with Gasteiger partial charge in [-0.15, -0.1) is 0 Å². The average Bonchev–Trinajstić information content (AvgIpc) is 2.27. The van der Waals surface area contributed by atoms with Gasteiger partial charge in [0.15, 0.2) is 0 Å². The van der Waals surface area contributed by atoms with E-state index in [-0.39, 0.29) is 0 Å². The summed E-state index contributed by atoms with van der Waals surface area (Å²) in [7, 11) is 0. The third-order valence-electron chi connectivity index (χ3n) is 3.63. The molecule has 0 saturated heterocycles. The van der Waals surface area contributed by atoms with Crippen LogP contribution < -0.4 is 0 Å². The van der Waals surface area contributed by atoms with Crippen molar-refractivity contribution in [1.82, 2.24) is 0 Å². The molecule has 16 heavy (non-hydrogen) atoms. The molecule has 0 radical (unpaired) electrons. The van der Waals surface area contributed by atoms with E-state index in [1.807, 2.05) is 13.8 Å². The minimum Gasteiger partial charge on any atom is -0.481 e. The first kappa shape index (κ1) is 15.5. The zero-order chi connectivity index (χ0) is 12.4. The molecule has 0 fully saturated rings. The maximum Gasteiger partial charge on any atom is 0.309 e. The van der Waals surface area contributed by atoms with Gasteiger partial charge in [-0.3, -0.25) is 4.79 Å². The van der Waals surface area contributed by atoms with Gasteiger partial charge in [0.25, 0.3) is 0 Å². The molecule has 1 atom stereocenters. The van der Waals surface area contributed by atoms with Crippen LogP contribution in [0.2, 0.25) is 0 Å². The van der Waals surface area contributed by atoms with Crippen molar-refractivity contribution in [2.75, 3.05) is 0 Å². The summed E-state index contributed by atoms with van der Waals surface area (Å²) >= 11 is 0. The second-order valence-electron chi connectivity index (χ2n) is 5.09. The molecule has 0 amide bonds. The topological polar surface area (TPSA) is 37.3 Å². The monoisotopic (exact) mass is 228 g/mol. The Hall–Kier alpha value is -0.530. The molecule has 0 aromatic carbocycles. The molecule has 0 aliphatic heterocycles. The van der Waals surface area contributed by atoms with Gasteiger partial charge in [0.05, 0.1) is 5.41 Å². The van der Waals surface area contributed by atoms with E-state index in [0.717, 1.165) is 19.3 Å². The third kappa shape index (κ3) is 6.14. The zero-order valence-electron chi connectivity index (χ0n) is 11.2. The van der Waals surface area contributed by atoms with Crippen LogP contribution >= 0.6 is 0 Å². The van der Waals surface area contributed by atoms with Crippen molar-refractivity contribution >= 4 is 5.97 Å². The van der Waals surface area contributed by atoms with E-state index in [2.05, 4.69) is 6.92 Å². The van der Waals surface area contributed by atoms with Gasteiger partial charge in [-0.25, -0.2) is 0 Å². The molecule has 0 saturated carbocycles. The fraction of sp³-hybridized carbons (Fsp3) is 0.929. The Morgan fingerprint density at radius 3 is 1.94 bits per heavy atom. The quantitative estimate of drug-likeness (QED) is 0.554. The van der Waals surface area contributed by atoms with E-state index in [9.17, 15) is 4.79 Å². The molecular weight excluding hydrogens is 200 g/mol. The number of rotatable bonds is 10. The predicted octanol–water partition coefficient (Wildman–Crippen LogP) is 4.63. The van der Waals surface area contributed by atoms with Crippen LogP contribution in [-0.4, -0.2) is 11.1 Å². The molecule has 2 heteroatoms. The number of carboxylic acids is 1. The van der Waals surface area contributed by atoms with Gasteiger partial charge in [-0.1, -0.05) is 58.8 Å². The lowest BCUT2D eigenvalue weighted by atomic mass is 9.82. The number of unbranched alkanes of at least 4 members (excludes halogenated alkanes) is 6. The summed E-state index contributed by atoms with van der Waals surface area (Å²) < 4.78 is 0. The first-order valence-electron chi connectivity index (χ1n) is 6.80. The van der Waals surface area contributed by atoms with Gasteiger partial charge >= 0.3 is 5.97 Å². The number of hydrogen-bond acceptors (Lipinski definition) is 1. The highest BCUT2D eigenvalue weighted by molar-refractivity contribution is 5.73. The summed E-state index contributed by atoms with van der Waals surface area (Å²) in [5.74, 6) is -0.638. The fourth-order valence-corrected chi connectivity index (χ4v) is 1.91. The van der Waals surface area contributed by atoms with Crippen LogP contribution in [-0.2, 0) is 4.79 Å². The van der Waals surface area contributed by atoms with E-state index in [1.165, 1.54) is 38.5 Å². The highest BCUT2D eigenvalue weighted by Gasteiger charge is 2.29. The minimum absolute atomic E-state index is 0.497. The Balaban J connectivity index is 3.53. The molecule has 0 rings (SSSR count). The molecule has 0 aliphatic rings. The lowest BCUT2D eigenvalue weighted by Gasteiger charge is -2.22. The number of aliphatic carboxylic acids is 1. The average molecular weight is 228 g/mol. The van der Waals surface area contributed by atoms with Gasteiger partial charge in [0.1, 0.15) is 0 Å². The molecule has 0 spiro atoms. The van der Waals surface area contributed by atoms with Crippen molar-refractivity contribution in [3.8, 4) is 0 Å². The molecule has 0 heterocycles. The van der Waals surface area contributed by atoms with Gasteiger partial charge in [-0.2, -0.15) is 0 Å². The van der Waals surface area contributed by atoms with Crippen LogP contribution in [0.15, 0.2) is 0 Å². The molecule has 1 N–H and O–H groups in total. The molecule has 2 nitrogen and oxygen atoms in total. The molecule has 0 aromatic heterocycles. The van der Waals surface area contributed by atoms with Crippen LogP contribution in [0.4, 0.5) is 0 Å². The maximum atomic E-state index is 11.1. The van der Waals surface area contributed by atoms with Crippen molar-refractivity contribution in [3.63, 3.8) is 0 Å². The summed E-state index contributed by atoms with van der Waals surface area (Å²) in [5, 5.41) is 9.11. The third-order valence-corrected chi connectivity index (χ3v) is 3.63. The molecule has 0 bridgehead atoms. The van der Waals surface area contributed by atoms with Crippen LogP contribution in [0.5, 0.6) is 0 Å². The standard InChI is InChI=1S/C14H28O2/c1-4-6-7-8-9-10-11-12-14(3,5-2)13(15)16/h4-12H2,1-3H3,(H,15,16). The Kier molecular flexibility index (Phi) is 8.32. The number of carboxylic acid groups (broad SMARTS) is 1.